The van der Waals surface area contributed by atoms with Crippen LogP contribution in [0, 0.1) is 0 Å². The first kappa shape index (κ1) is 18.2. The molecule has 26 heavy (non-hydrogen) atoms. The van der Waals surface area contributed by atoms with Gasteiger partial charge in [0.05, 0.1) is 17.6 Å². The molecular weight excluding hydrogens is 350 g/mol. The highest BCUT2D eigenvalue weighted by atomic mass is 32.2. The standard InChI is InChI=1S/C18H21N5O2S/c1-2-3-7-10-19-15(24)12-26-18-21-16-14(17(25)22-18)11-20-23(16)13-8-5-4-6-9-13/h4-6,8-9,11H,2-3,7,10,12H2,1H3,(H,19,24)(H,21,22,25). The third-order valence-electron chi connectivity index (χ3n) is 3.86. The lowest BCUT2D eigenvalue weighted by Crippen LogP contribution is -2.26. The van der Waals surface area contributed by atoms with E-state index in [-0.39, 0.29) is 17.2 Å². The van der Waals surface area contributed by atoms with E-state index in [9.17, 15) is 9.59 Å². The van der Waals surface area contributed by atoms with E-state index in [1.165, 1.54) is 18.0 Å². The fraction of sp³-hybridized carbons (Fsp3) is 0.333. The van der Waals surface area contributed by atoms with E-state index in [2.05, 4.69) is 27.3 Å². The molecule has 1 aromatic carbocycles. The Labute approximate surface area is 155 Å². The molecule has 136 valence electrons. The lowest BCUT2D eigenvalue weighted by Gasteiger charge is -2.05. The number of benzene rings is 1. The zero-order valence-corrected chi connectivity index (χ0v) is 15.4. The summed E-state index contributed by atoms with van der Waals surface area (Å²) < 4.78 is 1.62. The van der Waals surface area contributed by atoms with Crippen LogP contribution in [0.4, 0.5) is 0 Å². The van der Waals surface area contributed by atoms with Crippen LogP contribution in [-0.2, 0) is 4.79 Å². The molecule has 7 nitrogen and oxygen atoms in total. The van der Waals surface area contributed by atoms with Crippen LogP contribution in [0.3, 0.4) is 0 Å². The normalized spacial score (nSPS) is 11.0. The molecule has 2 N–H and O–H groups in total. The highest BCUT2D eigenvalue weighted by Crippen LogP contribution is 2.17. The number of aromatic amines is 1. The fourth-order valence-corrected chi connectivity index (χ4v) is 3.20. The number of carbonyl (C=O) groups is 1. The van der Waals surface area contributed by atoms with Gasteiger partial charge in [-0.25, -0.2) is 9.67 Å². The molecule has 0 radical (unpaired) electrons. The minimum atomic E-state index is -0.261. The predicted molar refractivity (Wildman–Crippen MR) is 103 cm³/mol. The summed E-state index contributed by atoms with van der Waals surface area (Å²) in [5.74, 6) is 0.144. The molecule has 0 spiro atoms. The summed E-state index contributed by atoms with van der Waals surface area (Å²) >= 11 is 1.21. The summed E-state index contributed by atoms with van der Waals surface area (Å²) in [6.07, 6.45) is 4.70. The molecule has 0 aliphatic rings. The van der Waals surface area contributed by atoms with Gasteiger partial charge in [0.2, 0.25) is 5.91 Å². The molecular formula is C18H21N5O2S. The third kappa shape index (κ3) is 4.32. The molecule has 8 heteroatoms. The van der Waals surface area contributed by atoms with Crippen LogP contribution in [0.15, 0.2) is 46.5 Å². The van der Waals surface area contributed by atoms with Gasteiger partial charge in [-0.2, -0.15) is 5.10 Å². The highest BCUT2D eigenvalue weighted by molar-refractivity contribution is 7.99. The Kier molecular flexibility index (Phi) is 6.06. The Morgan fingerprint density at radius 2 is 2.08 bits per heavy atom. The molecule has 0 fully saturated rings. The van der Waals surface area contributed by atoms with E-state index in [4.69, 9.17) is 0 Å². The van der Waals surface area contributed by atoms with Crippen molar-refractivity contribution in [3.05, 3.63) is 46.9 Å². The second kappa shape index (κ2) is 8.66. The van der Waals surface area contributed by atoms with E-state index in [0.717, 1.165) is 24.9 Å². The van der Waals surface area contributed by atoms with Gasteiger partial charge in [0.15, 0.2) is 10.8 Å². The highest BCUT2D eigenvalue weighted by Gasteiger charge is 2.12. The fourth-order valence-electron chi connectivity index (χ4n) is 2.51. The smallest absolute Gasteiger partial charge is 0.262 e. The number of amides is 1. The Morgan fingerprint density at radius 3 is 2.85 bits per heavy atom. The van der Waals surface area contributed by atoms with E-state index < -0.39 is 0 Å². The predicted octanol–water partition coefficient (Wildman–Crippen LogP) is 2.51. The quantitative estimate of drug-likeness (QED) is 0.361. The number of aromatic nitrogens is 4. The van der Waals surface area contributed by atoms with Gasteiger partial charge >= 0.3 is 0 Å². The number of nitrogens with one attached hydrogen (secondary N) is 2. The first-order valence-corrected chi connectivity index (χ1v) is 9.60. The van der Waals surface area contributed by atoms with Crippen molar-refractivity contribution in [3.63, 3.8) is 0 Å². The van der Waals surface area contributed by atoms with Crippen LogP contribution in [0.25, 0.3) is 16.7 Å². The molecule has 2 aromatic heterocycles. The summed E-state index contributed by atoms with van der Waals surface area (Å²) in [6, 6.07) is 9.50. The summed E-state index contributed by atoms with van der Waals surface area (Å²) in [5, 5.41) is 7.97. The maximum atomic E-state index is 12.3. The number of hydrogen-bond donors (Lipinski definition) is 2. The van der Waals surface area contributed by atoms with E-state index >= 15 is 0 Å². The largest absolute Gasteiger partial charge is 0.355 e. The number of rotatable bonds is 8. The summed E-state index contributed by atoms with van der Waals surface area (Å²) in [7, 11) is 0. The van der Waals surface area contributed by atoms with Gasteiger partial charge in [-0.05, 0) is 18.6 Å². The Hall–Kier alpha value is -2.61. The van der Waals surface area contributed by atoms with Crippen LogP contribution in [-0.4, -0.2) is 38.0 Å². The lowest BCUT2D eigenvalue weighted by molar-refractivity contribution is -0.118. The van der Waals surface area contributed by atoms with Crippen LogP contribution in [0.1, 0.15) is 26.2 Å². The summed E-state index contributed by atoms with van der Waals surface area (Å²) in [4.78, 5) is 31.4. The van der Waals surface area contributed by atoms with Gasteiger partial charge in [0.1, 0.15) is 5.39 Å². The first-order chi connectivity index (χ1) is 12.7. The van der Waals surface area contributed by atoms with Crippen molar-refractivity contribution in [1.82, 2.24) is 25.1 Å². The Balaban J connectivity index is 1.74. The minimum absolute atomic E-state index is 0.0644. The molecule has 0 saturated carbocycles. The van der Waals surface area contributed by atoms with Gasteiger partial charge in [0, 0.05) is 6.54 Å². The Morgan fingerprint density at radius 1 is 1.27 bits per heavy atom. The van der Waals surface area contributed by atoms with Crippen molar-refractivity contribution >= 4 is 28.7 Å². The number of thioether (sulfide) groups is 1. The van der Waals surface area contributed by atoms with Crippen molar-refractivity contribution in [1.29, 1.82) is 0 Å². The summed E-state index contributed by atoms with van der Waals surface area (Å²) in [6.45, 7) is 2.80. The van der Waals surface area contributed by atoms with E-state index in [1.807, 2.05) is 30.3 Å². The number of carbonyl (C=O) groups excluding carboxylic acids is 1. The molecule has 0 atom stereocenters. The molecule has 3 rings (SSSR count). The maximum absolute atomic E-state index is 12.3. The minimum Gasteiger partial charge on any atom is -0.355 e. The molecule has 1 amide bonds. The van der Waals surface area contributed by atoms with E-state index in [1.54, 1.807) is 4.68 Å². The van der Waals surface area contributed by atoms with Crippen LogP contribution >= 0.6 is 11.8 Å². The molecule has 0 saturated heterocycles. The van der Waals surface area contributed by atoms with Crippen molar-refractivity contribution in [2.75, 3.05) is 12.3 Å². The number of hydrogen-bond acceptors (Lipinski definition) is 5. The SMILES string of the molecule is CCCCCNC(=O)CSc1nc2c(cnn2-c2ccccc2)c(=O)[nH]1. The van der Waals surface area contributed by atoms with Gasteiger partial charge in [-0.1, -0.05) is 49.7 Å². The van der Waals surface area contributed by atoms with Gasteiger partial charge in [0.25, 0.3) is 5.56 Å². The number of H-pyrrole nitrogens is 1. The van der Waals surface area contributed by atoms with Crippen molar-refractivity contribution in [2.24, 2.45) is 0 Å². The zero-order chi connectivity index (χ0) is 18.4. The maximum Gasteiger partial charge on any atom is 0.262 e. The average molecular weight is 371 g/mol. The lowest BCUT2D eigenvalue weighted by atomic mass is 10.2. The van der Waals surface area contributed by atoms with Crippen molar-refractivity contribution in [3.8, 4) is 5.69 Å². The van der Waals surface area contributed by atoms with Crippen molar-refractivity contribution < 1.29 is 4.79 Å². The van der Waals surface area contributed by atoms with Crippen LogP contribution in [0.5, 0.6) is 0 Å². The number of fused-ring (bicyclic) bond motifs is 1. The van der Waals surface area contributed by atoms with Gasteiger partial charge in [-0.3, -0.25) is 9.59 Å². The molecule has 2 heterocycles. The second-order valence-corrected chi connectivity index (χ2v) is 6.81. The molecule has 3 aromatic rings. The molecule has 0 aliphatic heterocycles. The number of para-hydroxylation sites is 1. The van der Waals surface area contributed by atoms with Crippen LogP contribution in [0.2, 0.25) is 0 Å². The van der Waals surface area contributed by atoms with Gasteiger partial charge < -0.3 is 10.3 Å². The monoisotopic (exact) mass is 371 g/mol. The molecule has 0 bridgehead atoms. The van der Waals surface area contributed by atoms with E-state index in [0.29, 0.717) is 22.7 Å². The zero-order valence-electron chi connectivity index (χ0n) is 14.6. The average Bonchev–Trinajstić information content (AvgIpc) is 3.09. The summed E-state index contributed by atoms with van der Waals surface area (Å²) in [5.41, 5.74) is 1.04. The second-order valence-electron chi connectivity index (χ2n) is 5.85. The molecule has 0 aliphatic carbocycles. The topological polar surface area (TPSA) is 92.7 Å². The number of nitrogens with zero attached hydrogens (tertiary/aromatic N) is 3. The molecule has 0 unspecified atom stereocenters. The third-order valence-corrected chi connectivity index (χ3v) is 4.73. The number of unbranched alkanes of at least 4 members (excludes halogenated alkanes) is 2. The first-order valence-electron chi connectivity index (χ1n) is 8.62. The van der Waals surface area contributed by atoms with Gasteiger partial charge in [-0.15, -0.1) is 0 Å². The Bertz CT molecular complexity index is 936. The van der Waals surface area contributed by atoms with Crippen molar-refractivity contribution in [2.45, 2.75) is 31.3 Å². The van der Waals surface area contributed by atoms with Crippen LogP contribution < -0.4 is 10.9 Å².